The number of aliphatic hydroxyl groups excluding tert-OH is 2. The van der Waals surface area contributed by atoms with Crippen molar-refractivity contribution in [2.75, 3.05) is 13.2 Å². The number of carbonyl (C=O) groups is 1. The van der Waals surface area contributed by atoms with Gasteiger partial charge in [-0.15, -0.1) is 0 Å². The predicted octanol–water partition coefficient (Wildman–Crippen LogP) is -0.108. The van der Waals surface area contributed by atoms with E-state index in [9.17, 15) is 4.79 Å². The molecule has 1 unspecified atom stereocenters. The molecule has 0 heterocycles. The Bertz CT molecular complexity index is 163. The molecule has 0 aliphatic heterocycles. The minimum absolute atomic E-state index is 0.0474. The van der Waals surface area contributed by atoms with Crippen LogP contribution in [0.15, 0.2) is 0 Å². The molecule has 0 bridgehead atoms. The van der Waals surface area contributed by atoms with Crippen molar-refractivity contribution in [3.8, 4) is 0 Å². The highest BCUT2D eigenvalue weighted by molar-refractivity contribution is 5.76. The number of rotatable bonds is 4. The SMILES string of the molecule is CC(C)(C)CC(=O)NCC(O)CO. The smallest absolute Gasteiger partial charge is 0.220 e. The monoisotopic (exact) mass is 189 g/mol. The first kappa shape index (κ1) is 12.4. The normalized spacial score (nSPS) is 13.9. The molecule has 0 aliphatic carbocycles. The molecular formula is C9H19NO3. The van der Waals surface area contributed by atoms with Gasteiger partial charge in [0.2, 0.25) is 5.91 Å². The van der Waals surface area contributed by atoms with Crippen LogP contribution in [-0.4, -0.2) is 35.4 Å². The van der Waals surface area contributed by atoms with Crippen LogP contribution in [-0.2, 0) is 4.79 Å². The second-order valence-electron chi connectivity index (χ2n) is 4.38. The summed E-state index contributed by atoms with van der Waals surface area (Å²) in [7, 11) is 0. The molecule has 0 rings (SSSR count). The predicted molar refractivity (Wildman–Crippen MR) is 50.2 cm³/mol. The van der Waals surface area contributed by atoms with E-state index >= 15 is 0 Å². The molecule has 0 aliphatic rings. The molecular weight excluding hydrogens is 170 g/mol. The standard InChI is InChI=1S/C9H19NO3/c1-9(2,3)4-8(13)10-5-7(12)6-11/h7,11-12H,4-6H2,1-3H3,(H,10,13). The zero-order valence-electron chi connectivity index (χ0n) is 8.50. The molecule has 1 atom stereocenters. The molecule has 4 nitrogen and oxygen atoms in total. The lowest BCUT2D eigenvalue weighted by Gasteiger charge is -2.17. The third-order valence-electron chi connectivity index (χ3n) is 1.44. The van der Waals surface area contributed by atoms with E-state index in [4.69, 9.17) is 10.2 Å². The molecule has 1 amide bonds. The summed E-state index contributed by atoms with van der Waals surface area (Å²) < 4.78 is 0. The topological polar surface area (TPSA) is 69.6 Å². The van der Waals surface area contributed by atoms with E-state index in [1.54, 1.807) is 0 Å². The van der Waals surface area contributed by atoms with Crippen molar-refractivity contribution in [1.82, 2.24) is 5.32 Å². The quantitative estimate of drug-likeness (QED) is 0.578. The Labute approximate surface area is 79.0 Å². The van der Waals surface area contributed by atoms with E-state index in [1.807, 2.05) is 20.8 Å². The van der Waals surface area contributed by atoms with Crippen molar-refractivity contribution in [3.05, 3.63) is 0 Å². The average Bonchev–Trinajstić information content (AvgIpc) is 1.97. The van der Waals surface area contributed by atoms with Crippen molar-refractivity contribution in [2.45, 2.75) is 33.3 Å². The van der Waals surface area contributed by atoms with Crippen molar-refractivity contribution in [2.24, 2.45) is 5.41 Å². The molecule has 0 aromatic carbocycles. The summed E-state index contributed by atoms with van der Waals surface area (Å²) in [6, 6.07) is 0. The van der Waals surface area contributed by atoms with Gasteiger partial charge in [-0.3, -0.25) is 4.79 Å². The van der Waals surface area contributed by atoms with Gasteiger partial charge in [-0.1, -0.05) is 20.8 Å². The van der Waals surface area contributed by atoms with Crippen LogP contribution in [0.2, 0.25) is 0 Å². The molecule has 3 N–H and O–H groups in total. The third-order valence-corrected chi connectivity index (χ3v) is 1.44. The number of carbonyl (C=O) groups excluding carboxylic acids is 1. The maximum absolute atomic E-state index is 11.2. The summed E-state index contributed by atoms with van der Waals surface area (Å²) in [6.07, 6.45) is -0.436. The van der Waals surface area contributed by atoms with Crippen molar-refractivity contribution < 1.29 is 15.0 Å². The second kappa shape index (κ2) is 5.19. The molecule has 0 spiro atoms. The first-order valence-corrected chi connectivity index (χ1v) is 4.41. The molecule has 0 fully saturated rings. The van der Waals surface area contributed by atoms with Gasteiger partial charge >= 0.3 is 0 Å². The lowest BCUT2D eigenvalue weighted by Crippen LogP contribution is -2.35. The van der Waals surface area contributed by atoms with Gasteiger partial charge in [-0.05, 0) is 5.41 Å². The Morgan fingerprint density at radius 3 is 2.38 bits per heavy atom. The van der Waals surface area contributed by atoms with Gasteiger partial charge in [0, 0.05) is 13.0 Å². The van der Waals surface area contributed by atoms with Crippen molar-refractivity contribution >= 4 is 5.91 Å². The summed E-state index contributed by atoms with van der Waals surface area (Å²) in [6.45, 7) is 5.69. The van der Waals surface area contributed by atoms with Crippen LogP contribution in [0.3, 0.4) is 0 Å². The molecule has 0 radical (unpaired) electrons. The first-order chi connectivity index (χ1) is 5.85. The Balaban J connectivity index is 3.64. The lowest BCUT2D eigenvalue weighted by atomic mass is 9.92. The fourth-order valence-electron chi connectivity index (χ4n) is 0.840. The minimum atomic E-state index is -0.857. The van der Waals surface area contributed by atoms with Gasteiger partial charge in [0.25, 0.3) is 0 Å². The zero-order chi connectivity index (χ0) is 10.5. The highest BCUT2D eigenvalue weighted by Crippen LogP contribution is 2.17. The Morgan fingerprint density at radius 1 is 1.46 bits per heavy atom. The summed E-state index contributed by atoms with van der Waals surface area (Å²) >= 11 is 0. The zero-order valence-corrected chi connectivity index (χ0v) is 8.50. The number of hydrogen-bond acceptors (Lipinski definition) is 3. The maximum atomic E-state index is 11.2. The van der Waals surface area contributed by atoms with E-state index in [1.165, 1.54) is 0 Å². The average molecular weight is 189 g/mol. The molecule has 13 heavy (non-hydrogen) atoms. The fourth-order valence-corrected chi connectivity index (χ4v) is 0.840. The third kappa shape index (κ3) is 7.74. The Morgan fingerprint density at radius 2 is 2.00 bits per heavy atom. The van der Waals surface area contributed by atoms with Crippen LogP contribution >= 0.6 is 0 Å². The van der Waals surface area contributed by atoms with E-state index in [0.717, 1.165) is 0 Å². The van der Waals surface area contributed by atoms with Gasteiger partial charge in [-0.25, -0.2) is 0 Å². The van der Waals surface area contributed by atoms with Crippen LogP contribution in [0.5, 0.6) is 0 Å². The highest BCUT2D eigenvalue weighted by atomic mass is 16.3. The minimum Gasteiger partial charge on any atom is -0.394 e. The van der Waals surface area contributed by atoms with E-state index in [2.05, 4.69) is 5.32 Å². The van der Waals surface area contributed by atoms with Crippen LogP contribution in [0.4, 0.5) is 0 Å². The summed E-state index contributed by atoms with van der Waals surface area (Å²) in [5, 5.41) is 20.0. The van der Waals surface area contributed by atoms with Crippen LogP contribution in [0.25, 0.3) is 0 Å². The first-order valence-electron chi connectivity index (χ1n) is 4.41. The van der Waals surface area contributed by atoms with Crippen molar-refractivity contribution in [1.29, 1.82) is 0 Å². The molecule has 4 heteroatoms. The van der Waals surface area contributed by atoms with Gasteiger partial charge in [-0.2, -0.15) is 0 Å². The van der Waals surface area contributed by atoms with Crippen LogP contribution in [0.1, 0.15) is 27.2 Å². The fraction of sp³-hybridized carbons (Fsp3) is 0.889. The summed E-state index contributed by atoms with van der Waals surface area (Å²) in [4.78, 5) is 11.2. The van der Waals surface area contributed by atoms with Crippen LogP contribution < -0.4 is 5.32 Å². The maximum Gasteiger partial charge on any atom is 0.220 e. The Hall–Kier alpha value is -0.610. The second-order valence-corrected chi connectivity index (χ2v) is 4.38. The number of nitrogens with one attached hydrogen (secondary N) is 1. The van der Waals surface area contributed by atoms with E-state index < -0.39 is 6.10 Å². The Kier molecular flexibility index (Phi) is 4.95. The summed E-state index contributed by atoms with van der Waals surface area (Å²) in [5.74, 6) is -0.0972. The van der Waals surface area contributed by atoms with Gasteiger partial charge in [0.15, 0.2) is 0 Å². The number of hydrogen-bond donors (Lipinski definition) is 3. The molecule has 78 valence electrons. The lowest BCUT2D eigenvalue weighted by molar-refractivity contribution is -0.123. The molecule has 0 saturated heterocycles. The van der Waals surface area contributed by atoms with E-state index in [0.29, 0.717) is 6.42 Å². The largest absolute Gasteiger partial charge is 0.394 e. The van der Waals surface area contributed by atoms with Gasteiger partial charge in [0.1, 0.15) is 0 Å². The number of amides is 1. The summed E-state index contributed by atoms with van der Waals surface area (Å²) in [5.41, 5.74) is -0.0474. The molecule has 0 aromatic rings. The van der Waals surface area contributed by atoms with Gasteiger partial charge in [0.05, 0.1) is 12.7 Å². The van der Waals surface area contributed by atoms with Crippen molar-refractivity contribution in [3.63, 3.8) is 0 Å². The number of aliphatic hydroxyl groups is 2. The van der Waals surface area contributed by atoms with Gasteiger partial charge < -0.3 is 15.5 Å². The van der Waals surface area contributed by atoms with Crippen LogP contribution in [0, 0.1) is 5.41 Å². The molecule has 0 saturated carbocycles. The highest BCUT2D eigenvalue weighted by Gasteiger charge is 2.16. The van der Waals surface area contributed by atoms with E-state index in [-0.39, 0.29) is 24.5 Å². The molecule has 0 aromatic heterocycles.